The van der Waals surface area contributed by atoms with Crippen molar-refractivity contribution in [2.45, 2.75) is 12.8 Å². The third kappa shape index (κ3) is 5.12. The summed E-state index contributed by atoms with van der Waals surface area (Å²) in [6.07, 6.45) is 5.51. The zero-order valence-electron chi connectivity index (χ0n) is 8.99. The summed E-state index contributed by atoms with van der Waals surface area (Å²) in [5.74, 6) is 0.0484. The van der Waals surface area contributed by atoms with Crippen LogP contribution in [0.25, 0.3) is 0 Å². The third-order valence-electron chi connectivity index (χ3n) is 2.05. The molecule has 4 heteroatoms. The first-order valence-corrected chi connectivity index (χ1v) is 5.13. The average molecular weight is 207 g/mol. The molecule has 1 amide bonds. The number of aryl methyl sites for hydroxylation is 1. The molecule has 0 spiro atoms. The van der Waals surface area contributed by atoms with Gasteiger partial charge in [-0.2, -0.15) is 0 Å². The summed E-state index contributed by atoms with van der Waals surface area (Å²) < 4.78 is 0. The van der Waals surface area contributed by atoms with E-state index in [0.29, 0.717) is 6.54 Å². The zero-order chi connectivity index (χ0) is 10.9. The number of pyridine rings is 1. The van der Waals surface area contributed by atoms with E-state index in [0.717, 1.165) is 19.4 Å². The predicted molar refractivity (Wildman–Crippen MR) is 59.5 cm³/mol. The van der Waals surface area contributed by atoms with Gasteiger partial charge >= 0.3 is 0 Å². The highest BCUT2D eigenvalue weighted by Gasteiger charge is 1.97. The predicted octanol–water partition coefficient (Wildman–Crippen LogP) is 0.350. The number of carbonyl (C=O) groups is 1. The van der Waals surface area contributed by atoms with Crippen molar-refractivity contribution in [3.63, 3.8) is 0 Å². The number of rotatable bonds is 6. The van der Waals surface area contributed by atoms with Crippen LogP contribution in [0.4, 0.5) is 0 Å². The third-order valence-corrected chi connectivity index (χ3v) is 2.05. The molecule has 4 nitrogen and oxygen atoms in total. The molecule has 0 aliphatic heterocycles. The SMILES string of the molecule is CNCC(=O)NCCCc1ccncc1. The summed E-state index contributed by atoms with van der Waals surface area (Å²) in [6, 6.07) is 3.99. The molecule has 1 aromatic rings. The number of amides is 1. The van der Waals surface area contributed by atoms with Gasteiger partial charge in [-0.25, -0.2) is 0 Å². The molecule has 1 rings (SSSR count). The number of carbonyl (C=O) groups excluding carboxylic acids is 1. The van der Waals surface area contributed by atoms with E-state index in [4.69, 9.17) is 0 Å². The van der Waals surface area contributed by atoms with E-state index in [1.165, 1.54) is 5.56 Å². The van der Waals surface area contributed by atoms with Crippen molar-refractivity contribution in [2.24, 2.45) is 0 Å². The van der Waals surface area contributed by atoms with E-state index in [-0.39, 0.29) is 5.91 Å². The van der Waals surface area contributed by atoms with Crippen molar-refractivity contribution in [2.75, 3.05) is 20.1 Å². The number of nitrogens with one attached hydrogen (secondary N) is 2. The van der Waals surface area contributed by atoms with Gasteiger partial charge in [0.25, 0.3) is 0 Å². The summed E-state index contributed by atoms with van der Waals surface area (Å²) in [4.78, 5) is 15.0. The van der Waals surface area contributed by atoms with Crippen LogP contribution in [0.5, 0.6) is 0 Å². The molecular weight excluding hydrogens is 190 g/mol. The lowest BCUT2D eigenvalue weighted by molar-refractivity contribution is -0.120. The summed E-state index contributed by atoms with van der Waals surface area (Å²) in [6.45, 7) is 1.11. The molecule has 82 valence electrons. The maximum atomic E-state index is 11.1. The summed E-state index contributed by atoms with van der Waals surface area (Å²) in [5, 5.41) is 5.64. The second kappa shape index (κ2) is 6.95. The van der Waals surface area contributed by atoms with Crippen molar-refractivity contribution in [3.05, 3.63) is 30.1 Å². The summed E-state index contributed by atoms with van der Waals surface area (Å²) in [7, 11) is 1.76. The lowest BCUT2D eigenvalue weighted by atomic mass is 10.1. The minimum Gasteiger partial charge on any atom is -0.355 e. The molecule has 0 aliphatic carbocycles. The van der Waals surface area contributed by atoms with Crippen LogP contribution in [0.1, 0.15) is 12.0 Å². The van der Waals surface area contributed by atoms with Crippen LogP contribution >= 0.6 is 0 Å². The Balaban J connectivity index is 2.10. The van der Waals surface area contributed by atoms with Gasteiger partial charge in [0, 0.05) is 18.9 Å². The Morgan fingerprint density at radius 2 is 2.13 bits per heavy atom. The molecule has 0 aliphatic rings. The fourth-order valence-electron chi connectivity index (χ4n) is 1.29. The highest BCUT2D eigenvalue weighted by molar-refractivity contribution is 5.77. The quantitative estimate of drug-likeness (QED) is 0.662. The molecule has 2 N–H and O–H groups in total. The molecule has 0 fully saturated rings. The Morgan fingerprint density at radius 3 is 2.80 bits per heavy atom. The number of likely N-dealkylation sites (N-methyl/N-ethyl adjacent to an activating group) is 1. The Morgan fingerprint density at radius 1 is 1.40 bits per heavy atom. The zero-order valence-corrected chi connectivity index (χ0v) is 8.99. The highest BCUT2D eigenvalue weighted by Crippen LogP contribution is 1.99. The molecule has 0 bridgehead atoms. The van der Waals surface area contributed by atoms with Crippen LogP contribution in [0.15, 0.2) is 24.5 Å². The maximum absolute atomic E-state index is 11.1. The Labute approximate surface area is 90.1 Å². The molecule has 0 saturated heterocycles. The number of nitrogens with zero attached hydrogens (tertiary/aromatic N) is 1. The lowest BCUT2D eigenvalue weighted by Crippen LogP contribution is -2.32. The molecule has 0 aromatic carbocycles. The molecule has 15 heavy (non-hydrogen) atoms. The van der Waals surface area contributed by atoms with Crippen molar-refractivity contribution < 1.29 is 4.79 Å². The van der Waals surface area contributed by atoms with Crippen molar-refractivity contribution in [1.82, 2.24) is 15.6 Å². The molecule has 0 radical (unpaired) electrons. The smallest absolute Gasteiger partial charge is 0.233 e. The van der Waals surface area contributed by atoms with E-state index >= 15 is 0 Å². The first-order valence-electron chi connectivity index (χ1n) is 5.13. The van der Waals surface area contributed by atoms with Gasteiger partial charge in [-0.15, -0.1) is 0 Å². The van der Waals surface area contributed by atoms with Gasteiger partial charge in [0.1, 0.15) is 0 Å². The fourth-order valence-corrected chi connectivity index (χ4v) is 1.29. The van der Waals surface area contributed by atoms with E-state index in [1.54, 1.807) is 19.4 Å². The van der Waals surface area contributed by atoms with Gasteiger partial charge in [-0.3, -0.25) is 9.78 Å². The molecule has 0 unspecified atom stereocenters. The fraction of sp³-hybridized carbons (Fsp3) is 0.455. The Bertz CT molecular complexity index is 287. The Hall–Kier alpha value is -1.42. The first kappa shape index (κ1) is 11.7. The largest absolute Gasteiger partial charge is 0.355 e. The number of hydrogen-bond acceptors (Lipinski definition) is 3. The van der Waals surface area contributed by atoms with Crippen LogP contribution < -0.4 is 10.6 Å². The van der Waals surface area contributed by atoms with Gasteiger partial charge in [0.2, 0.25) is 5.91 Å². The maximum Gasteiger partial charge on any atom is 0.233 e. The highest BCUT2D eigenvalue weighted by atomic mass is 16.1. The standard InChI is InChI=1S/C11H17N3O/c1-12-9-11(15)14-6-2-3-10-4-7-13-8-5-10/h4-5,7-8,12H,2-3,6,9H2,1H3,(H,14,15). The lowest BCUT2D eigenvalue weighted by Gasteiger charge is -2.04. The molecule has 0 saturated carbocycles. The van der Waals surface area contributed by atoms with E-state index in [9.17, 15) is 4.79 Å². The van der Waals surface area contributed by atoms with Gasteiger partial charge < -0.3 is 10.6 Å². The van der Waals surface area contributed by atoms with Gasteiger partial charge in [-0.1, -0.05) is 0 Å². The van der Waals surface area contributed by atoms with E-state index in [2.05, 4.69) is 15.6 Å². The summed E-state index contributed by atoms with van der Waals surface area (Å²) in [5.41, 5.74) is 1.26. The normalized spacial score (nSPS) is 9.93. The van der Waals surface area contributed by atoms with E-state index in [1.807, 2.05) is 12.1 Å². The minimum atomic E-state index is 0.0484. The summed E-state index contributed by atoms with van der Waals surface area (Å²) >= 11 is 0. The molecular formula is C11H17N3O. The molecule has 1 aromatic heterocycles. The van der Waals surface area contributed by atoms with Gasteiger partial charge in [0.15, 0.2) is 0 Å². The monoisotopic (exact) mass is 207 g/mol. The van der Waals surface area contributed by atoms with Gasteiger partial charge in [-0.05, 0) is 37.6 Å². The van der Waals surface area contributed by atoms with Crippen LogP contribution in [0.3, 0.4) is 0 Å². The van der Waals surface area contributed by atoms with Crippen molar-refractivity contribution in [3.8, 4) is 0 Å². The first-order chi connectivity index (χ1) is 7.33. The average Bonchev–Trinajstić information content (AvgIpc) is 2.26. The van der Waals surface area contributed by atoms with Crippen molar-refractivity contribution in [1.29, 1.82) is 0 Å². The van der Waals surface area contributed by atoms with Crippen LogP contribution in [-0.2, 0) is 11.2 Å². The minimum absolute atomic E-state index is 0.0484. The Kier molecular flexibility index (Phi) is 5.40. The van der Waals surface area contributed by atoms with E-state index < -0.39 is 0 Å². The van der Waals surface area contributed by atoms with Crippen LogP contribution in [-0.4, -0.2) is 31.0 Å². The van der Waals surface area contributed by atoms with Gasteiger partial charge in [0.05, 0.1) is 6.54 Å². The second-order valence-corrected chi connectivity index (χ2v) is 3.34. The van der Waals surface area contributed by atoms with Crippen molar-refractivity contribution >= 4 is 5.91 Å². The second-order valence-electron chi connectivity index (χ2n) is 3.34. The van der Waals surface area contributed by atoms with Crippen LogP contribution in [0, 0.1) is 0 Å². The number of hydrogen-bond donors (Lipinski definition) is 2. The van der Waals surface area contributed by atoms with Crippen LogP contribution in [0.2, 0.25) is 0 Å². The molecule has 1 heterocycles. The topological polar surface area (TPSA) is 54.0 Å². The number of aromatic nitrogens is 1. The molecule has 0 atom stereocenters.